The van der Waals surface area contributed by atoms with Crippen molar-refractivity contribution < 1.29 is 4.79 Å². The van der Waals surface area contributed by atoms with E-state index in [0.29, 0.717) is 18.4 Å². The Hall–Kier alpha value is -2.24. The van der Waals surface area contributed by atoms with Crippen LogP contribution in [0.5, 0.6) is 0 Å². The first-order chi connectivity index (χ1) is 9.24. The number of amides is 1. The lowest BCUT2D eigenvalue weighted by Crippen LogP contribution is -2.33. The molecular weight excluding hydrogens is 242 g/mol. The minimum Gasteiger partial charge on any atom is -0.329 e. The van der Waals surface area contributed by atoms with E-state index in [1.165, 1.54) is 0 Å². The average Bonchev–Trinajstić information content (AvgIpc) is 3.18. The molecule has 2 aromatic heterocycles. The SMILES string of the molecule is Cc1nc(C(=O)N(Cc2ccncc2)C2CC2)n[nH]1. The van der Waals surface area contributed by atoms with Crippen LogP contribution >= 0.6 is 0 Å². The van der Waals surface area contributed by atoms with Crippen LogP contribution in [0.1, 0.15) is 34.8 Å². The summed E-state index contributed by atoms with van der Waals surface area (Å²) in [6.45, 7) is 2.37. The molecule has 0 aromatic carbocycles. The Bertz CT molecular complexity index is 576. The number of aryl methyl sites for hydroxylation is 1. The normalized spacial score (nSPS) is 14.4. The fraction of sp³-hybridized carbons (Fsp3) is 0.385. The zero-order valence-electron chi connectivity index (χ0n) is 10.7. The third-order valence-electron chi connectivity index (χ3n) is 3.14. The van der Waals surface area contributed by atoms with Gasteiger partial charge in [-0.15, -0.1) is 5.10 Å². The fourth-order valence-corrected chi connectivity index (χ4v) is 2.00. The first-order valence-electron chi connectivity index (χ1n) is 6.33. The zero-order chi connectivity index (χ0) is 13.2. The highest BCUT2D eigenvalue weighted by atomic mass is 16.2. The van der Waals surface area contributed by atoms with Gasteiger partial charge in [-0.2, -0.15) is 0 Å². The van der Waals surface area contributed by atoms with Crippen LogP contribution in [0.4, 0.5) is 0 Å². The summed E-state index contributed by atoms with van der Waals surface area (Å²) in [5, 5.41) is 6.66. The van der Waals surface area contributed by atoms with Crippen LogP contribution in [0, 0.1) is 6.92 Å². The van der Waals surface area contributed by atoms with Gasteiger partial charge in [-0.1, -0.05) is 0 Å². The Kier molecular flexibility index (Phi) is 2.98. The van der Waals surface area contributed by atoms with E-state index in [-0.39, 0.29) is 11.7 Å². The molecule has 1 fully saturated rings. The van der Waals surface area contributed by atoms with Crippen molar-refractivity contribution in [3.8, 4) is 0 Å². The van der Waals surface area contributed by atoms with Gasteiger partial charge in [0.15, 0.2) is 0 Å². The lowest BCUT2D eigenvalue weighted by Gasteiger charge is -2.20. The molecule has 0 aliphatic heterocycles. The first kappa shape index (κ1) is 11.8. The van der Waals surface area contributed by atoms with Crippen LogP contribution in [0.3, 0.4) is 0 Å². The average molecular weight is 257 g/mol. The van der Waals surface area contributed by atoms with Crippen molar-refractivity contribution in [1.82, 2.24) is 25.1 Å². The van der Waals surface area contributed by atoms with Crippen LogP contribution in [-0.2, 0) is 6.54 Å². The van der Waals surface area contributed by atoms with Crippen molar-refractivity contribution in [2.24, 2.45) is 0 Å². The second-order valence-electron chi connectivity index (χ2n) is 4.76. The number of aromatic amines is 1. The summed E-state index contributed by atoms with van der Waals surface area (Å²) in [5.41, 5.74) is 1.07. The molecule has 1 saturated carbocycles. The highest BCUT2D eigenvalue weighted by Gasteiger charge is 2.34. The number of aromatic nitrogens is 4. The monoisotopic (exact) mass is 257 g/mol. The number of rotatable bonds is 4. The van der Waals surface area contributed by atoms with Crippen molar-refractivity contribution in [1.29, 1.82) is 0 Å². The lowest BCUT2D eigenvalue weighted by molar-refractivity contribution is 0.0718. The Labute approximate surface area is 110 Å². The summed E-state index contributed by atoms with van der Waals surface area (Å²) < 4.78 is 0. The Morgan fingerprint density at radius 3 is 2.74 bits per heavy atom. The Morgan fingerprint density at radius 1 is 1.42 bits per heavy atom. The summed E-state index contributed by atoms with van der Waals surface area (Å²) in [6, 6.07) is 4.16. The van der Waals surface area contributed by atoms with E-state index in [1.807, 2.05) is 17.0 Å². The van der Waals surface area contributed by atoms with Gasteiger partial charge in [0, 0.05) is 25.0 Å². The van der Waals surface area contributed by atoms with Crippen molar-refractivity contribution in [2.75, 3.05) is 0 Å². The number of H-pyrrole nitrogens is 1. The minimum absolute atomic E-state index is 0.108. The highest BCUT2D eigenvalue weighted by Crippen LogP contribution is 2.29. The van der Waals surface area contributed by atoms with Crippen LogP contribution < -0.4 is 0 Å². The first-order valence-corrected chi connectivity index (χ1v) is 6.33. The molecule has 0 unspecified atom stereocenters. The van der Waals surface area contributed by atoms with Crippen molar-refractivity contribution in [2.45, 2.75) is 32.4 Å². The number of hydrogen-bond acceptors (Lipinski definition) is 4. The van der Waals surface area contributed by atoms with Crippen LogP contribution in [0.15, 0.2) is 24.5 Å². The van der Waals surface area contributed by atoms with Gasteiger partial charge < -0.3 is 4.90 Å². The summed E-state index contributed by atoms with van der Waals surface area (Å²) in [6.07, 6.45) is 5.59. The number of carbonyl (C=O) groups is 1. The Morgan fingerprint density at radius 2 is 2.16 bits per heavy atom. The van der Waals surface area contributed by atoms with E-state index in [1.54, 1.807) is 19.3 Å². The molecule has 2 heterocycles. The standard InChI is InChI=1S/C13H15N5O/c1-9-15-12(17-16-9)13(19)18(11-2-3-11)8-10-4-6-14-7-5-10/h4-7,11H,2-3,8H2,1H3,(H,15,16,17). The smallest absolute Gasteiger partial charge is 0.294 e. The van der Waals surface area contributed by atoms with E-state index < -0.39 is 0 Å². The predicted molar refractivity (Wildman–Crippen MR) is 68.3 cm³/mol. The van der Waals surface area contributed by atoms with E-state index in [4.69, 9.17) is 0 Å². The van der Waals surface area contributed by atoms with Crippen molar-refractivity contribution in [3.05, 3.63) is 41.7 Å². The van der Waals surface area contributed by atoms with E-state index in [0.717, 1.165) is 18.4 Å². The quantitative estimate of drug-likeness (QED) is 0.896. The fourth-order valence-electron chi connectivity index (χ4n) is 2.00. The van der Waals surface area contributed by atoms with Gasteiger partial charge in [0.25, 0.3) is 5.91 Å². The molecule has 3 rings (SSSR count). The van der Waals surface area contributed by atoms with Crippen LogP contribution in [-0.4, -0.2) is 37.0 Å². The summed E-state index contributed by atoms with van der Waals surface area (Å²) in [4.78, 5) is 22.4. The molecular formula is C13H15N5O. The molecule has 19 heavy (non-hydrogen) atoms. The largest absolute Gasteiger partial charge is 0.329 e. The summed E-state index contributed by atoms with van der Waals surface area (Å²) >= 11 is 0. The number of nitrogens with one attached hydrogen (secondary N) is 1. The van der Waals surface area contributed by atoms with Gasteiger partial charge in [0.1, 0.15) is 5.82 Å². The van der Waals surface area contributed by atoms with Gasteiger partial charge in [0.2, 0.25) is 5.82 Å². The van der Waals surface area contributed by atoms with E-state index in [9.17, 15) is 4.79 Å². The molecule has 6 nitrogen and oxygen atoms in total. The van der Waals surface area contributed by atoms with Crippen molar-refractivity contribution >= 4 is 5.91 Å². The van der Waals surface area contributed by atoms with Crippen molar-refractivity contribution in [3.63, 3.8) is 0 Å². The molecule has 1 aliphatic carbocycles. The molecule has 0 atom stereocenters. The molecule has 1 aliphatic rings. The minimum atomic E-state index is -0.108. The molecule has 1 amide bonds. The van der Waals surface area contributed by atoms with Crippen LogP contribution in [0.25, 0.3) is 0 Å². The van der Waals surface area contributed by atoms with Gasteiger partial charge in [-0.25, -0.2) is 4.98 Å². The number of nitrogens with zero attached hydrogens (tertiary/aromatic N) is 4. The molecule has 2 aromatic rings. The maximum atomic E-state index is 12.4. The van der Waals surface area contributed by atoms with E-state index >= 15 is 0 Å². The number of hydrogen-bond donors (Lipinski definition) is 1. The zero-order valence-corrected chi connectivity index (χ0v) is 10.7. The molecule has 0 spiro atoms. The van der Waals surface area contributed by atoms with Gasteiger partial charge in [-0.3, -0.25) is 14.9 Å². The third kappa shape index (κ3) is 2.62. The van der Waals surface area contributed by atoms with Gasteiger partial charge >= 0.3 is 0 Å². The summed E-state index contributed by atoms with van der Waals surface area (Å²) in [7, 11) is 0. The third-order valence-corrected chi connectivity index (χ3v) is 3.14. The maximum absolute atomic E-state index is 12.4. The molecule has 0 radical (unpaired) electrons. The van der Waals surface area contributed by atoms with Gasteiger partial charge in [0.05, 0.1) is 0 Å². The number of carbonyl (C=O) groups excluding carboxylic acids is 1. The Balaban J connectivity index is 1.79. The molecule has 98 valence electrons. The second kappa shape index (κ2) is 4.79. The number of pyridine rings is 1. The van der Waals surface area contributed by atoms with Crippen LogP contribution in [0.2, 0.25) is 0 Å². The second-order valence-corrected chi connectivity index (χ2v) is 4.76. The molecule has 0 saturated heterocycles. The predicted octanol–water partition coefficient (Wildman–Crippen LogP) is 1.31. The topological polar surface area (TPSA) is 74.8 Å². The lowest BCUT2D eigenvalue weighted by atomic mass is 10.2. The highest BCUT2D eigenvalue weighted by molar-refractivity contribution is 5.90. The molecule has 6 heteroatoms. The van der Waals surface area contributed by atoms with Gasteiger partial charge in [-0.05, 0) is 37.5 Å². The molecule has 0 bridgehead atoms. The summed E-state index contributed by atoms with van der Waals surface area (Å²) in [5.74, 6) is 0.796. The molecule has 1 N–H and O–H groups in total. The van der Waals surface area contributed by atoms with E-state index in [2.05, 4.69) is 20.2 Å². The maximum Gasteiger partial charge on any atom is 0.294 e.